The second kappa shape index (κ2) is 4.93. The van der Waals surface area contributed by atoms with Gasteiger partial charge in [0.05, 0.1) is 0 Å². The first kappa shape index (κ1) is 12.0. The first-order chi connectivity index (χ1) is 8.74. The molecule has 0 aromatic carbocycles. The number of hydrogen-bond acceptors (Lipinski definition) is 5. The summed E-state index contributed by atoms with van der Waals surface area (Å²) in [5, 5.41) is 14.3. The Bertz CT molecular complexity index is 524. The predicted molar refractivity (Wildman–Crippen MR) is 71.8 cm³/mol. The minimum absolute atomic E-state index is 0.145. The fourth-order valence-corrected chi connectivity index (χ4v) is 3.63. The van der Waals surface area contributed by atoms with Gasteiger partial charge in [-0.2, -0.15) is 9.61 Å². The Morgan fingerprint density at radius 2 is 2.11 bits per heavy atom. The van der Waals surface area contributed by atoms with Crippen molar-refractivity contribution in [1.29, 1.82) is 0 Å². The Hall–Kier alpha value is -1.01. The standard InChI is InChI=1S/C12H19N5S/c1-8(13)7-10-16-17-11(14-15-12(17)18-10)9-5-3-2-4-6-9/h8-9H,2-7,13H2,1H3. The monoisotopic (exact) mass is 265 g/mol. The molecule has 0 aliphatic heterocycles. The lowest BCUT2D eigenvalue weighted by atomic mass is 9.89. The summed E-state index contributed by atoms with van der Waals surface area (Å²) in [6, 6.07) is 0.145. The van der Waals surface area contributed by atoms with E-state index in [2.05, 4.69) is 15.3 Å². The molecule has 18 heavy (non-hydrogen) atoms. The van der Waals surface area contributed by atoms with Gasteiger partial charge in [-0.3, -0.25) is 0 Å². The van der Waals surface area contributed by atoms with Crippen molar-refractivity contribution in [2.24, 2.45) is 5.73 Å². The number of hydrogen-bond donors (Lipinski definition) is 1. The highest BCUT2D eigenvalue weighted by atomic mass is 32.1. The maximum atomic E-state index is 5.82. The predicted octanol–water partition coefficient (Wildman–Crippen LogP) is 2.12. The third-order valence-corrected chi connectivity index (χ3v) is 4.44. The summed E-state index contributed by atoms with van der Waals surface area (Å²) in [6.07, 6.45) is 7.22. The molecule has 1 unspecified atom stereocenters. The Balaban J connectivity index is 1.89. The van der Waals surface area contributed by atoms with Crippen LogP contribution in [-0.4, -0.2) is 25.9 Å². The van der Waals surface area contributed by atoms with Crippen molar-refractivity contribution >= 4 is 16.3 Å². The van der Waals surface area contributed by atoms with Gasteiger partial charge in [-0.1, -0.05) is 30.6 Å². The lowest BCUT2D eigenvalue weighted by Crippen LogP contribution is -2.18. The summed E-state index contributed by atoms with van der Waals surface area (Å²) in [6.45, 7) is 2.00. The number of fused-ring (bicyclic) bond motifs is 1. The zero-order valence-electron chi connectivity index (χ0n) is 10.7. The van der Waals surface area contributed by atoms with Gasteiger partial charge < -0.3 is 5.73 Å². The van der Waals surface area contributed by atoms with Crippen LogP contribution in [0.3, 0.4) is 0 Å². The van der Waals surface area contributed by atoms with Gasteiger partial charge in [-0.15, -0.1) is 10.2 Å². The maximum Gasteiger partial charge on any atom is 0.234 e. The number of nitrogens with two attached hydrogens (primary N) is 1. The molecule has 2 heterocycles. The average Bonchev–Trinajstić information content (AvgIpc) is 2.88. The van der Waals surface area contributed by atoms with Crippen molar-refractivity contribution in [1.82, 2.24) is 19.8 Å². The largest absolute Gasteiger partial charge is 0.328 e. The van der Waals surface area contributed by atoms with Crippen molar-refractivity contribution in [3.63, 3.8) is 0 Å². The molecule has 0 radical (unpaired) electrons. The lowest BCUT2D eigenvalue weighted by molar-refractivity contribution is 0.423. The van der Waals surface area contributed by atoms with E-state index in [-0.39, 0.29) is 6.04 Å². The highest BCUT2D eigenvalue weighted by Crippen LogP contribution is 2.32. The molecular weight excluding hydrogens is 246 g/mol. The van der Waals surface area contributed by atoms with E-state index in [4.69, 9.17) is 5.73 Å². The van der Waals surface area contributed by atoms with E-state index in [0.29, 0.717) is 5.92 Å². The SMILES string of the molecule is CC(N)Cc1nn2c(C3CCCCC3)nnc2s1. The van der Waals surface area contributed by atoms with E-state index in [1.807, 2.05) is 11.4 Å². The number of aromatic nitrogens is 4. The van der Waals surface area contributed by atoms with Crippen molar-refractivity contribution in [3.05, 3.63) is 10.8 Å². The van der Waals surface area contributed by atoms with Crippen LogP contribution in [0.2, 0.25) is 0 Å². The first-order valence-electron chi connectivity index (χ1n) is 6.70. The topological polar surface area (TPSA) is 69.1 Å². The number of nitrogens with zero attached hydrogens (tertiary/aromatic N) is 4. The van der Waals surface area contributed by atoms with Crippen molar-refractivity contribution in [3.8, 4) is 0 Å². The van der Waals surface area contributed by atoms with E-state index < -0.39 is 0 Å². The molecule has 1 fully saturated rings. The van der Waals surface area contributed by atoms with Crippen LogP contribution in [0.25, 0.3) is 4.96 Å². The van der Waals surface area contributed by atoms with Gasteiger partial charge in [0.25, 0.3) is 0 Å². The molecule has 1 aliphatic carbocycles. The second-order valence-electron chi connectivity index (χ2n) is 5.26. The summed E-state index contributed by atoms with van der Waals surface area (Å²) in [5.41, 5.74) is 5.82. The lowest BCUT2D eigenvalue weighted by Gasteiger charge is -2.18. The summed E-state index contributed by atoms with van der Waals surface area (Å²) in [5.74, 6) is 1.59. The molecule has 0 saturated heterocycles. The first-order valence-corrected chi connectivity index (χ1v) is 7.52. The molecule has 1 saturated carbocycles. The van der Waals surface area contributed by atoms with Crippen molar-refractivity contribution in [2.75, 3.05) is 0 Å². The zero-order chi connectivity index (χ0) is 12.5. The van der Waals surface area contributed by atoms with Gasteiger partial charge in [0.15, 0.2) is 5.82 Å². The van der Waals surface area contributed by atoms with E-state index in [1.54, 1.807) is 11.3 Å². The minimum Gasteiger partial charge on any atom is -0.328 e. The van der Waals surface area contributed by atoms with Crippen LogP contribution in [0, 0.1) is 0 Å². The van der Waals surface area contributed by atoms with Gasteiger partial charge in [0.1, 0.15) is 5.01 Å². The van der Waals surface area contributed by atoms with E-state index in [1.165, 1.54) is 32.1 Å². The van der Waals surface area contributed by atoms with Crippen LogP contribution < -0.4 is 5.73 Å². The molecule has 0 spiro atoms. The normalized spacial score (nSPS) is 19.4. The molecular formula is C12H19N5S. The fraction of sp³-hybridized carbons (Fsp3) is 0.750. The smallest absolute Gasteiger partial charge is 0.234 e. The highest BCUT2D eigenvalue weighted by Gasteiger charge is 2.22. The van der Waals surface area contributed by atoms with E-state index in [9.17, 15) is 0 Å². The summed E-state index contributed by atoms with van der Waals surface area (Å²) < 4.78 is 1.94. The second-order valence-corrected chi connectivity index (χ2v) is 6.31. The van der Waals surface area contributed by atoms with Gasteiger partial charge in [-0.05, 0) is 19.8 Å². The third kappa shape index (κ3) is 2.27. The molecule has 98 valence electrons. The summed E-state index contributed by atoms with van der Waals surface area (Å²) in [7, 11) is 0. The van der Waals surface area contributed by atoms with Crippen LogP contribution in [0.1, 0.15) is 55.8 Å². The molecule has 5 nitrogen and oxygen atoms in total. The molecule has 1 atom stereocenters. The van der Waals surface area contributed by atoms with Crippen LogP contribution in [0.4, 0.5) is 0 Å². The molecule has 1 aliphatic rings. The van der Waals surface area contributed by atoms with Crippen molar-refractivity contribution in [2.45, 2.75) is 57.4 Å². The molecule has 0 bridgehead atoms. The molecule has 6 heteroatoms. The van der Waals surface area contributed by atoms with E-state index in [0.717, 1.165) is 22.2 Å². The average molecular weight is 265 g/mol. The summed E-state index contributed by atoms with van der Waals surface area (Å²) >= 11 is 1.61. The molecule has 0 amide bonds. The van der Waals surface area contributed by atoms with Crippen LogP contribution in [0.5, 0.6) is 0 Å². The Labute approximate surface area is 110 Å². The van der Waals surface area contributed by atoms with Gasteiger partial charge in [0, 0.05) is 18.4 Å². The van der Waals surface area contributed by atoms with Crippen molar-refractivity contribution < 1.29 is 0 Å². The molecule has 3 rings (SSSR count). The van der Waals surface area contributed by atoms with Crippen LogP contribution in [0.15, 0.2) is 0 Å². The van der Waals surface area contributed by atoms with Gasteiger partial charge >= 0.3 is 0 Å². The van der Waals surface area contributed by atoms with Crippen LogP contribution in [-0.2, 0) is 6.42 Å². The molecule has 2 aromatic heterocycles. The molecule has 2 N–H and O–H groups in total. The van der Waals surface area contributed by atoms with Gasteiger partial charge in [0.2, 0.25) is 4.96 Å². The third-order valence-electron chi connectivity index (χ3n) is 3.52. The highest BCUT2D eigenvalue weighted by molar-refractivity contribution is 7.16. The maximum absolute atomic E-state index is 5.82. The molecule has 2 aromatic rings. The Kier molecular flexibility index (Phi) is 3.30. The fourth-order valence-electron chi connectivity index (χ4n) is 2.64. The van der Waals surface area contributed by atoms with E-state index >= 15 is 0 Å². The summed E-state index contributed by atoms with van der Waals surface area (Å²) in [4.78, 5) is 0.909. The minimum atomic E-state index is 0.145. The zero-order valence-corrected chi connectivity index (χ0v) is 11.5. The Morgan fingerprint density at radius 3 is 2.83 bits per heavy atom. The van der Waals surface area contributed by atoms with Gasteiger partial charge in [-0.25, -0.2) is 0 Å². The Morgan fingerprint density at radius 1 is 1.33 bits per heavy atom. The van der Waals surface area contributed by atoms with Crippen LogP contribution >= 0.6 is 11.3 Å². The number of rotatable bonds is 3. The quantitative estimate of drug-likeness (QED) is 0.923.